The molecule has 3 heteroatoms. The molecule has 2 fully saturated rings. The van der Waals surface area contributed by atoms with Crippen molar-refractivity contribution in [3.63, 3.8) is 0 Å². The summed E-state index contributed by atoms with van der Waals surface area (Å²) < 4.78 is 5.33. The fourth-order valence-corrected chi connectivity index (χ4v) is 2.98. The molecular formula is C14H23NO2. The second-order valence-corrected chi connectivity index (χ2v) is 5.29. The van der Waals surface area contributed by atoms with Crippen molar-refractivity contribution >= 4 is 5.91 Å². The first kappa shape index (κ1) is 12.6. The zero-order valence-electron chi connectivity index (χ0n) is 10.7. The van der Waals surface area contributed by atoms with Crippen molar-refractivity contribution in [2.45, 2.75) is 51.1 Å². The Morgan fingerprint density at radius 2 is 2.06 bits per heavy atom. The third-order valence-electron chi connectivity index (χ3n) is 4.08. The van der Waals surface area contributed by atoms with Gasteiger partial charge < -0.3 is 9.64 Å². The summed E-state index contributed by atoms with van der Waals surface area (Å²) in [6.07, 6.45) is 6.86. The molecule has 0 aliphatic carbocycles. The van der Waals surface area contributed by atoms with Crippen LogP contribution in [0.25, 0.3) is 0 Å². The standard InChI is InChI=1S/C14H23NO2/c1-3-13-5-4-11(2)15(13)14(16)10-12-6-8-17-9-7-12/h3,11-13H,1,4-10H2,2H3/t11-,13+/m0/s1. The molecule has 0 N–H and O–H groups in total. The lowest BCUT2D eigenvalue weighted by atomic mass is 9.95. The Morgan fingerprint density at radius 1 is 1.35 bits per heavy atom. The molecular weight excluding hydrogens is 214 g/mol. The molecule has 17 heavy (non-hydrogen) atoms. The molecule has 0 unspecified atom stereocenters. The smallest absolute Gasteiger partial charge is 0.223 e. The molecule has 0 aromatic heterocycles. The summed E-state index contributed by atoms with van der Waals surface area (Å²) in [4.78, 5) is 14.4. The summed E-state index contributed by atoms with van der Waals surface area (Å²) in [6.45, 7) is 7.62. The molecule has 0 aromatic rings. The Balaban J connectivity index is 1.91. The van der Waals surface area contributed by atoms with Gasteiger partial charge in [0, 0.05) is 25.7 Å². The Labute approximate surface area is 104 Å². The molecule has 2 saturated heterocycles. The minimum atomic E-state index is 0.261. The number of carbonyl (C=O) groups excluding carboxylic acids is 1. The predicted octanol–water partition coefficient (Wildman–Crippen LogP) is 2.37. The van der Waals surface area contributed by atoms with Crippen molar-refractivity contribution < 1.29 is 9.53 Å². The summed E-state index contributed by atoms with van der Waals surface area (Å²) in [5.41, 5.74) is 0. The largest absolute Gasteiger partial charge is 0.381 e. The number of hydrogen-bond donors (Lipinski definition) is 0. The molecule has 0 aromatic carbocycles. The number of amides is 1. The number of rotatable bonds is 3. The van der Waals surface area contributed by atoms with Gasteiger partial charge in [-0.1, -0.05) is 6.08 Å². The Bertz CT molecular complexity index is 284. The molecule has 1 amide bonds. The minimum absolute atomic E-state index is 0.261. The molecule has 0 saturated carbocycles. The van der Waals surface area contributed by atoms with Gasteiger partial charge in [0.25, 0.3) is 0 Å². The number of hydrogen-bond acceptors (Lipinski definition) is 2. The molecule has 2 aliphatic rings. The topological polar surface area (TPSA) is 29.5 Å². The zero-order valence-corrected chi connectivity index (χ0v) is 10.7. The van der Waals surface area contributed by atoms with E-state index in [4.69, 9.17) is 4.74 Å². The maximum atomic E-state index is 12.3. The first-order valence-electron chi connectivity index (χ1n) is 6.74. The number of likely N-dealkylation sites (tertiary alicyclic amines) is 1. The van der Waals surface area contributed by atoms with E-state index in [0.717, 1.165) is 38.9 Å². The zero-order chi connectivity index (χ0) is 12.3. The predicted molar refractivity (Wildman–Crippen MR) is 67.7 cm³/mol. The molecule has 0 spiro atoms. The highest BCUT2D eigenvalue weighted by atomic mass is 16.5. The lowest BCUT2D eigenvalue weighted by Gasteiger charge is -2.29. The van der Waals surface area contributed by atoms with Crippen molar-refractivity contribution in [2.75, 3.05) is 13.2 Å². The van der Waals surface area contributed by atoms with E-state index in [2.05, 4.69) is 13.5 Å². The van der Waals surface area contributed by atoms with Crippen molar-refractivity contribution in [1.82, 2.24) is 4.90 Å². The average molecular weight is 237 g/mol. The lowest BCUT2D eigenvalue weighted by Crippen LogP contribution is -2.40. The van der Waals surface area contributed by atoms with Crippen molar-refractivity contribution in [3.05, 3.63) is 12.7 Å². The van der Waals surface area contributed by atoms with E-state index < -0.39 is 0 Å². The SMILES string of the molecule is C=C[C@@H]1CC[C@H](C)N1C(=O)CC1CCOCC1. The number of ether oxygens (including phenoxy) is 1. The Hall–Kier alpha value is -0.830. The first-order valence-corrected chi connectivity index (χ1v) is 6.74. The highest BCUT2D eigenvalue weighted by molar-refractivity contribution is 5.77. The highest BCUT2D eigenvalue weighted by Crippen LogP contribution is 2.28. The number of nitrogens with zero attached hydrogens (tertiary/aromatic N) is 1. The highest BCUT2D eigenvalue weighted by Gasteiger charge is 2.33. The normalized spacial score (nSPS) is 30.5. The summed E-state index contributed by atoms with van der Waals surface area (Å²) in [7, 11) is 0. The number of carbonyl (C=O) groups is 1. The third kappa shape index (κ3) is 2.89. The molecule has 0 radical (unpaired) electrons. The van der Waals surface area contributed by atoms with Gasteiger partial charge in [0.15, 0.2) is 0 Å². The van der Waals surface area contributed by atoms with Gasteiger partial charge in [0.1, 0.15) is 0 Å². The monoisotopic (exact) mass is 237 g/mol. The average Bonchev–Trinajstić information content (AvgIpc) is 2.71. The van der Waals surface area contributed by atoms with Crippen LogP contribution >= 0.6 is 0 Å². The summed E-state index contributed by atoms with van der Waals surface area (Å²) >= 11 is 0. The van der Waals surface area contributed by atoms with Crippen LogP contribution in [0.5, 0.6) is 0 Å². The summed E-state index contributed by atoms with van der Waals surface area (Å²) in [6, 6.07) is 0.641. The van der Waals surface area contributed by atoms with Crippen LogP contribution in [0.3, 0.4) is 0 Å². The van der Waals surface area contributed by atoms with Gasteiger partial charge in [0.05, 0.1) is 6.04 Å². The third-order valence-corrected chi connectivity index (χ3v) is 4.08. The second-order valence-electron chi connectivity index (χ2n) is 5.29. The fraction of sp³-hybridized carbons (Fsp3) is 0.786. The first-order chi connectivity index (χ1) is 8.22. The maximum absolute atomic E-state index is 12.3. The molecule has 3 nitrogen and oxygen atoms in total. The van der Waals surface area contributed by atoms with E-state index in [1.807, 2.05) is 11.0 Å². The molecule has 2 atom stereocenters. The van der Waals surface area contributed by atoms with Crippen LogP contribution in [-0.2, 0) is 9.53 Å². The van der Waals surface area contributed by atoms with Gasteiger partial charge in [-0.2, -0.15) is 0 Å². The van der Waals surface area contributed by atoms with Gasteiger partial charge >= 0.3 is 0 Å². The van der Waals surface area contributed by atoms with E-state index in [9.17, 15) is 4.79 Å². The molecule has 0 bridgehead atoms. The van der Waals surface area contributed by atoms with Crippen molar-refractivity contribution in [3.8, 4) is 0 Å². The molecule has 96 valence electrons. The minimum Gasteiger partial charge on any atom is -0.381 e. The Morgan fingerprint density at radius 3 is 2.71 bits per heavy atom. The van der Waals surface area contributed by atoms with E-state index in [0.29, 0.717) is 24.3 Å². The van der Waals surface area contributed by atoms with Crippen LogP contribution in [-0.4, -0.2) is 36.1 Å². The maximum Gasteiger partial charge on any atom is 0.223 e. The van der Waals surface area contributed by atoms with Crippen LogP contribution in [0.2, 0.25) is 0 Å². The van der Waals surface area contributed by atoms with Gasteiger partial charge in [-0.15, -0.1) is 6.58 Å². The van der Waals surface area contributed by atoms with Gasteiger partial charge in [0.2, 0.25) is 5.91 Å². The van der Waals surface area contributed by atoms with Crippen molar-refractivity contribution in [1.29, 1.82) is 0 Å². The van der Waals surface area contributed by atoms with E-state index in [1.54, 1.807) is 0 Å². The van der Waals surface area contributed by atoms with E-state index >= 15 is 0 Å². The second kappa shape index (κ2) is 5.67. The van der Waals surface area contributed by atoms with Gasteiger partial charge in [-0.25, -0.2) is 0 Å². The van der Waals surface area contributed by atoms with Crippen LogP contribution < -0.4 is 0 Å². The van der Waals surface area contributed by atoms with Crippen LogP contribution in [0.15, 0.2) is 12.7 Å². The fourth-order valence-electron chi connectivity index (χ4n) is 2.98. The van der Waals surface area contributed by atoms with Crippen LogP contribution in [0.1, 0.15) is 39.0 Å². The van der Waals surface area contributed by atoms with E-state index in [1.165, 1.54) is 0 Å². The van der Waals surface area contributed by atoms with Gasteiger partial charge in [-0.3, -0.25) is 4.79 Å². The van der Waals surface area contributed by atoms with Crippen molar-refractivity contribution in [2.24, 2.45) is 5.92 Å². The van der Waals surface area contributed by atoms with E-state index in [-0.39, 0.29) is 6.04 Å². The molecule has 2 aliphatic heterocycles. The lowest BCUT2D eigenvalue weighted by molar-refractivity contribution is -0.134. The molecule has 2 rings (SSSR count). The van der Waals surface area contributed by atoms with Crippen LogP contribution in [0.4, 0.5) is 0 Å². The van der Waals surface area contributed by atoms with Crippen LogP contribution in [0, 0.1) is 5.92 Å². The quantitative estimate of drug-likeness (QED) is 0.705. The Kier molecular flexibility index (Phi) is 4.21. The van der Waals surface area contributed by atoms with Gasteiger partial charge in [-0.05, 0) is 38.5 Å². The summed E-state index contributed by atoms with van der Waals surface area (Å²) in [5, 5.41) is 0. The summed E-state index contributed by atoms with van der Waals surface area (Å²) in [5.74, 6) is 0.835. The molecule has 2 heterocycles.